The van der Waals surface area contributed by atoms with Gasteiger partial charge in [-0.1, -0.05) is 12.1 Å². The van der Waals surface area contributed by atoms with Crippen LogP contribution in [0.5, 0.6) is 0 Å². The Labute approximate surface area is 78.9 Å². The minimum atomic E-state index is -4.43. The van der Waals surface area contributed by atoms with Crippen LogP contribution >= 0.6 is 0 Å². The minimum absolute atomic E-state index is 0.0256. The molecule has 1 radical (unpaired) electrons. The van der Waals surface area contributed by atoms with Gasteiger partial charge in [-0.2, -0.15) is 18.3 Å². The van der Waals surface area contributed by atoms with E-state index in [2.05, 4.69) is 4.74 Å². The summed E-state index contributed by atoms with van der Waals surface area (Å²) < 4.78 is 41.0. The molecule has 2 nitrogen and oxygen atoms in total. The van der Waals surface area contributed by atoms with Crippen LogP contribution in [0.4, 0.5) is 13.2 Å². The maximum Gasteiger partial charge on any atom is 0.416 e. The number of hydrogen-bond donors (Lipinski definition) is 0. The Kier molecular flexibility index (Phi) is 3.13. The second-order valence-corrected chi connectivity index (χ2v) is 2.69. The zero-order chi connectivity index (χ0) is 10.8. The van der Waals surface area contributed by atoms with E-state index in [1.54, 1.807) is 0 Å². The molecule has 0 aliphatic rings. The molecular weight excluding hydrogens is 197 g/mol. The molecule has 1 unspecified atom stereocenters. The Morgan fingerprint density at radius 1 is 1.36 bits per heavy atom. The van der Waals surface area contributed by atoms with Crippen LogP contribution in [0.1, 0.15) is 17.4 Å². The highest BCUT2D eigenvalue weighted by molar-refractivity contribution is 5.26. The lowest BCUT2D eigenvalue weighted by Crippen LogP contribution is -2.06. The summed E-state index contributed by atoms with van der Waals surface area (Å²) >= 11 is 0. The van der Waals surface area contributed by atoms with Crippen molar-refractivity contribution >= 4 is 0 Å². The quantitative estimate of drug-likeness (QED) is 0.682. The summed E-state index contributed by atoms with van der Waals surface area (Å²) in [6.07, 6.45) is -6.00. The van der Waals surface area contributed by atoms with Gasteiger partial charge in [-0.15, -0.1) is 0 Å². The predicted octanol–water partition coefficient (Wildman–Crippen LogP) is 2.78. The van der Waals surface area contributed by atoms with E-state index in [1.165, 1.54) is 12.1 Å². The lowest BCUT2D eigenvalue weighted by Gasteiger charge is -2.10. The third-order valence-electron chi connectivity index (χ3n) is 1.70. The Bertz CT molecular complexity index is 309. The summed E-state index contributed by atoms with van der Waals surface area (Å²) in [6, 6.07) is 4.19. The van der Waals surface area contributed by atoms with Crippen molar-refractivity contribution in [1.82, 2.24) is 0 Å². The molecule has 0 N–H and O–H groups in total. The maximum atomic E-state index is 12.2. The molecule has 0 aliphatic heterocycles. The number of halogens is 3. The van der Waals surface area contributed by atoms with Crippen LogP contribution in [-0.4, -0.2) is 7.11 Å². The number of rotatable bonds is 2. The van der Waals surface area contributed by atoms with Gasteiger partial charge in [0.2, 0.25) is 6.29 Å². The summed E-state index contributed by atoms with van der Waals surface area (Å²) in [5, 5.41) is 11.0. The molecule has 0 heterocycles. The molecule has 14 heavy (non-hydrogen) atoms. The second-order valence-electron chi connectivity index (χ2n) is 2.69. The van der Waals surface area contributed by atoms with Gasteiger partial charge in [-0.3, -0.25) is 0 Å². The Morgan fingerprint density at radius 2 is 2.00 bits per heavy atom. The molecule has 1 aromatic carbocycles. The first-order valence-corrected chi connectivity index (χ1v) is 3.81. The van der Waals surface area contributed by atoms with Gasteiger partial charge in [-0.25, -0.2) is 0 Å². The van der Waals surface area contributed by atoms with Gasteiger partial charge >= 0.3 is 6.18 Å². The van der Waals surface area contributed by atoms with Crippen LogP contribution in [-0.2, 0) is 16.0 Å². The normalized spacial score (nSPS) is 14.1. The van der Waals surface area contributed by atoms with Crippen molar-refractivity contribution in [3.05, 3.63) is 35.4 Å². The van der Waals surface area contributed by atoms with Crippen molar-refractivity contribution < 1.29 is 23.0 Å². The van der Waals surface area contributed by atoms with E-state index < -0.39 is 18.0 Å². The van der Waals surface area contributed by atoms with Gasteiger partial charge in [0.1, 0.15) is 0 Å². The summed E-state index contributed by atoms with van der Waals surface area (Å²) in [7, 11) is 1.15. The van der Waals surface area contributed by atoms with Crippen molar-refractivity contribution in [2.24, 2.45) is 0 Å². The zero-order valence-electron chi connectivity index (χ0n) is 7.34. The molecule has 1 aromatic rings. The van der Waals surface area contributed by atoms with Crippen molar-refractivity contribution in [2.75, 3.05) is 7.11 Å². The fraction of sp³-hybridized carbons (Fsp3) is 0.333. The van der Waals surface area contributed by atoms with Crippen LogP contribution < -0.4 is 0 Å². The molecule has 77 valence electrons. The smallest absolute Gasteiger partial charge is 0.349 e. The Hall–Kier alpha value is -1.07. The minimum Gasteiger partial charge on any atom is -0.349 e. The topological polar surface area (TPSA) is 29.1 Å². The monoisotopic (exact) mass is 205 g/mol. The maximum absolute atomic E-state index is 12.2. The largest absolute Gasteiger partial charge is 0.416 e. The predicted molar refractivity (Wildman–Crippen MR) is 41.9 cm³/mol. The van der Waals surface area contributed by atoms with E-state index in [1.807, 2.05) is 0 Å². The SMILES string of the molecule is COC([O])c1cccc(C(F)(F)F)c1. The molecule has 5 heteroatoms. The first kappa shape index (κ1) is 11.0. The number of alkyl halides is 3. The molecule has 1 rings (SSSR count). The second kappa shape index (κ2) is 3.98. The molecule has 0 aliphatic carbocycles. The number of hydrogen-bond acceptors (Lipinski definition) is 1. The van der Waals surface area contributed by atoms with Gasteiger partial charge in [-0.05, 0) is 12.1 Å². The van der Waals surface area contributed by atoms with E-state index >= 15 is 0 Å². The van der Waals surface area contributed by atoms with Gasteiger partial charge in [0.15, 0.2) is 0 Å². The molecule has 0 amide bonds. The fourth-order valence-electron chi connectivity index (χ4n) is 0.998. The van der Waals surface area contributed by atoms with Gasteiger partial charge in [0.25, 0.3) is 0 Å². The molecule has 0 saturated heterocycles. The summed E-state index contributed by atoms with van der Waals surface area (Å²) in [5.41, 5.74) is -0.866. The van der Waals surface area contributed by atoms with E-state index in [-0.39, 0.29) is 5.56 Å². The number of benzene rings is 1. The molecule has 0 spiro atoms. The van der Waals surface area contributed by atoms with Crippen LogP contribution in [0, 0.1) is 0 Å². The van der Waals surface area contributed by atoms with Gasteiger partial charge in [0.05, 0.1) is 5.56 Å². The average Bonchev–Trinajstić information content (AvgIpc) is 2.15. The van der Waals surface area contributed by atoms with Crippen molar-refractivity contribution in [3.8, 4) is 0 Å². The zero-order valence-corrected chi connectivity index (χ0v) is 7.34. The van der Waals surface area contributed by atoms with Crippen molar-refractivity contribution in [3.63, 3.8) is 0 Å². The first-order valence-electron chi connectivity index (χ1n) is 3.81. The highest BCUT2D eigenvalue weighted by atomic mass is 19.4. The fourth-order valence-corrected chi connectivity index (χ4v) is 0.998. The van der Waals surface area contributed by atoms with Gasteiger partial charge in [0, 0.05) is 12.7 Å². The summed E-state index contributed by atoms with van der Waals surface area (Å²) in [5.74, 6) is 0. The lowest BCUT2D eigenvalue weighted by molar-refractivity contribution is -0.139. The van der Waals surface area contributed by atoms with Crippen molar-refractivity contribution in [2.45, 2.75) is 12.5 Å². The molecule has 0 saturated carbocycles. The third kappa shape index (κ3) is 2.46. The van der Waals surface area contributed by atoms with E-state index in [0.717, 1.165) is 19.2 Å². The first-order chi connectivity index (χ1) is 6.45. The molecular formula is C9H8F3O2. The van der Waals surface area contributed by atoms with Crippen LogP contribution in [0.3, 0.4) is 0 Å². The van der Waals surface area contributed by atoms with Crippen molar-refractivity contribution in [1.29, 1.82) is 0 Å². The highest BCUT2D eigenvalue weighted by Crippen LogP contribution is 2.30. The third-order valence-corrected chi connectivity index (χ3v) is 1.70. The molecule has 1 atom stereocenters. The van der Waals surface area contributed by atoms with Crippen LogP contribution in [0.25, 0.3) is 0 Å². The van der Waals surface area contributed by atoms with Crippen LogP contribution in [0.15, 0.2) is 24.3 Å². The molecule has 0 aromatic heterocycles. The standard InChI is InChI=1S/C9H8F3O2/c1-14-8(13)6-3-2-4-7(5-6)9(10,11)12/h2-5,8H,1H3. The van der Waals surface area contributed by atoms with E-state index in [0.29, 0.717) is 0 Å². The lowest BCUT2D eigenvalue weighted by atomic mass is 10.1. The van der Waals surface area contributed by atoms with Crippen LogP contribution in [0.2, 0.25) is 0 Å². The molecule has 0 fully saturated rings. The average molecular weight is 205 g/mol. The van der Waals surface area contributed by atoms with E-state index in [9.17, 15) is 18.3 Å². The van der Waals surface area contributed by atoms with Gasteiger partial charge < -0.3 is 4.74 Å². The van der Waals surface area contributed by atoms with E-state index in [4.69, 9.17) is 0 Å². The summed E-state index contributed by atoms with van der Waals surface area (Å²) in [6.45, 7) is 0. The number of methoxy groups -OCH3 is 1. The Morgan fingerprint density at radius 3 is 2.50 bits per heavy atom. The summed E-state index contributed by atoms with van der Waals surface area (Å²) in [4.78, 5) is 0. The Balaban J connectivity index is 3.01. The number of ether oxygens (including phenoxy) is 1. The highest BCUT2D eigenvalue weighted by Gasteiger charge is 2.30. The molecule has 0 bridgehead atoms.